The first-order valence-electron chi connectivity index (χ1n) is 8.87. The highest BCUT2D eigenvalue weighted by Gasteiger charge is 2.36. The first-order valence-corrected chi connectivity index (χ1v) is 8.87. The van der Waals surface area contributed by atoms with E-state index in [2.05, 4.69) is 18.3 Å². The van der Waals surface area contributed by atoms with Crippen LogP contribution in [0.4, 0.5) is 11.4 Å². The Morgan fingerprint density at radius 3 is 2.57 bits per heavy atom. The summed E-state index contributed by atoms with van der Waals surface area (Å²) in [5.41, 5.74) is 1.90. The maximum absolute atomic E-state index is 12.5. The summed E-state index contributed by atoms with van der Waals surface area (Å²) in [5.74, 6) is -1.13. The predicted molar refractivity (Wildman–Crippen MR) is 102 cm³/mol. The Labute approximate surface area is 161 Å². The molecule has 0 bridgehead atoms. The molecule has 0 saturated carbocycles. The van der Waals surface area contributed by atoms with E-state index in [1.807, 2.05) is 6.07 Å². The molecule has 0 spiro atoms. The molecule has 1 heterocycles. The molecule has 0 atom stereocenters. The van der Waals surface area contributed by atoms with Crippen molar-refractivity contribution in [2.45, 2.75) is 26.2 Å². The molecule has 0 saturated heterocycles. The molecule has 0 unspecified atom stereocenters. The third-order valence-electron chi connectivity index (χ3n) is 4.62. The number of nitrogens with one attached hydrogen (secondary N) is 1. The molecule has 1 aliphatic rings. The highest BCUT2D eigenvalue weighted by atomic mass is 16.6. The third kappa shape index (κ3) is 3.55. The maximum atomic E-state index is 12.5. The second-order valence-electron chi connectivity index (χ2n) is 6.46. The third-order valence-corrected chi connectivity index (χ3v) is 4.62. The molecule has 8 heteroatoms. The van der Waals surface area contributed by atoms with Crippen LogP contribution >= 0.6 is 0 Å². The van der Waals surface area contributed by atoms with E-state index >= 15 is 0 Å². The van der Waals surface area contributed by atoms with Crippen molar-refractivity contribution in [1.29, 1.82) is 5.26 Å². The fourth-order valence-electron chi connectivity index (χ4n) is 3.07. The fourth-order valence-corrected chi connectivity index (χ4v) is 3.07. The van der Waals surface area contributed by atoms with Crippen LogP contribution in [0, 0.1) is 21.4 Å². The number of carbonyl (C=O) groups excluding carboxylic acids is 2. The van der Waals surface area contributed by atoms with Crippen LogP contribution < -0.4 is 5.32 Å². The summed E-state index contributed by atoms with van der Waals surface area (Å²) < 4.78 is 0. The van der Waals surface area contributed by atoms with Gasteiger partial charge in [0, 0.05) is 12.1 Å². The van der Waals surface area contributed by atoms with E-state index in [1.54, 1.807) is 12.1 Å². The van der Waals surface area contributed by atoms with Gasteiger partial charge < -0.3 is 5.32 Å². The van der Waals surface area contributed by atoms with Crippen molar-refractivity contribution >= 4 is 23.2 Å². The summed E-state index contributed by atoms with van der Waals surface area (Å²) in [6, 6.07) is 11.2. The number of benzene rings is 2. The fraction of sp³-hybridized carbons (Fsp3) is 0.250. The molecule has 2 aromatic rings. The van der Waals surface area contributed by atoms with Gasteiger partial charge in [-0.05, 0) is 36.6 Å². The van der Waals surface area contributed by atoms with Crippen LogP contribution in [0.15, 0.2) is 36.4 Å². The van der Waals surface area contributed by atoms with E-state index in [-0.39, 0.29) is 23.5 Å². The lowest BCUT2D eigenvalue weighted by Crippen LogP contribution is -2.34. The minimum atomic E-state index is -0.613. The minimum Gasteiger partial charge on any atom is -0.366 e. The first-order chi connectivity index (χ1) is 13.5. The zero-order chi connectivity index (χ0) is 20.3. The van der Waals surface area contributed by atoms with Crippen molar-refractivity contribution < 1.29 is 14.5 Å². The number of unbranched alkanes of at least 4 members (excludes halogenated alkanes) is 1. The molecule has 0 aromatic heterocycles. The van der Waals surface area contributed by atoms with Gasteiger partial charge in [0.15, 0.2) is 0 Å². The number of nitrogens with zero attached hydrogens (tertiary/aromatic N) is 3. The number of nitriles is 1. The smallest absolute Gasteiger partial charge is 0.270 e. The second kappa shape index (κ2) is 7.88. The molecule has 28 heavy (non-hydrogen) atoms. The largest absolute Gasteiger partial charge is 0.366 e. The van der Waals surface area contributed by atoms with Crippen LogP contribution in [0.5, 0.6) is 0 Å². The number of rotatable bonds is 7. The number of anilines is 1. The van der Waals surface area contributed by atoms with Gasteiger partial charge in [0.2, 0.25) is 0 Å². The Balaban J connectivity index is 1.76. The van der Waals surface area contributed by atoms with Gasteiger partial charge in [-0.3, -0.25) is 24.6 Å². The van der Waals surface area contributed by atoms with Crippen LogP contribution in [0.25, 0.3) is 0 Å². The van der Waals surface area contributed by atoms with E-state index in [0.717, 1.165) is 35.8 Å². The van der Waals surface area contributed by atoms with Crippen molar-refractivity contribution in [1.82, 2.24) is 4.90 Å². The summed E-state index contributed by atoms with van der Waals surface area (Å²) in [7, 11) is 0. The molecule has 2 amide bonds. The number of carbonyl (C=O) groups is 2. The van der Waals surface area contributed by atoms with Crippen LogP contribution in [0.1, 0.15) is 51.6 Å². The van der Waals surface area contributed by atoms with E-state index in [1.165, 1.54) is 12.1 Å². The Bertz CT molecular complexity index is 1010. The lowest BCUT2D eigenvalue weighted by Gasteiger charge is -2.16. The summed E-state index contributed by atoms with van der Waals surface area (Å²) >= 11 is 0. The number of imide groups is 1. The van der Waals surface area contributed by atoms with Gasteiger partial charge in [-0.2, -0.15) is 5.26 Å². The normalized spacial score (nSPS) is 12.6. The standard InChI is InChI=1S/C20H18N4O4/c1-2-3-4-13-5-8-18(14(9-13)11-21)22-12-23-19(25)16-7-6-15(24(27)28)10-17(16)20(23)26/h5-10,22H,2-4,12H2,1H3. The van der Waals surface area contributed by atoms with E-state index in [4.69, 9.17) is 0 Å². The van der Waals surface area contributed by atoms with E-state index < -0.39 is 16.7 Å². The Morgan fingerprint density at radius 1 is 1.14 bits per heavy atom. The molecule has 1 N–H and O–H groups in total. The maximum Gasteiger partial charge on any atom is 0.270 e. The molecule has 0 aliphatic carbocycles. The molecule has 8 nitrogen and oxygen atoms in total. The summed E-state index contributed by atoms with van der Waals surface area (Å²) in [6.45, 7) is 1.96. The van der Waals surface area contributed by atoms with E-state index in [9.17, 15) is 25.0 Å². The predicted octanol–water partition coefficient (Wildman–Crippen LogP) is 3.47. The number of nitro groups is 1. The molecular formula is C20H18N4O4. The van der Waals surface area contributed by atoms with Gasteiger partial charge in [0.05, 0.1) is 34.0 Å². The molecule has 0 radical (unpaired) electrons. The average Bonchev–Trinajstić information content (AvgIpc) is 2.94. The molecular weight excluding hydrogens is 360 g/mol. The van der Waals surface area contributed by atoms with Crippen molar-refractivity contribution in [3.63, 3.8) is 0 Å². The second-order valence-corrected chi connectivity index (χ2v) is 6.46. The van der Waals surface area contributed by atoms with Crippen LogP contribution in [0.2, 0.25) is 0 Å². The Morgan fingerprint density at radius 2 is 1.89 bits per heavy atom. The van der Waals surface area contributed by atoms with Crippen molar-refractivity contribution in [3.05, 3.63) is 68.8 Å². The highest BCUT2D eigenvalue weighted by molar-refractivity contribution is 6.21. The zero-order valence-electron chi connectivity index (χ0n) is 15.3. The Kier molecular flexibility index (Phi) is 5.36. The lowest BCUT2D eigenvalue weighted by atomic mass is 10.0. The first kappa shape index (κ1) is 19.0. The lowest BCUT2D eigenvalue weighted by molar-refractivity contribution is -0.384. The van der Waals surface area contributed by atoms with Gasteiger partial charge in [-0.1, -0.05) is 19.4 Å². The molecule has 2 aromatic carbocycles. The number of nitro benzene ring substituents is 1. The number of hydrogen-bond acceptors (Lipinski definition) is 6. The quantitative estimate of drug-likeness (QED) is 0.448. The molecule has 3 rings (SSSR count). The Hall–Kier alpha value is -3.73. The number of hydrogen-bond donors (Lipinski definition) is 1. The number of fused-ring (bicyclic) bond motifs is 1. The van der Waals surface area contributed by atoms with E-state index in [0.29, 0.717) is 11.3 Å². The van der Waals surface area contributed by atoms with Gasteiger partial charge >= 0.3 is 0 Å². The van der Waals surface area contributed by atoms with Crippen molar-refractivity contribution in [2.75, 3.05) is 12.0 Å². The highest BCUT2D eigenvalue weighted by Crippen LogP contribution is 2.27. The van der Waals surface area contributed by atoms with Crippen LogP contribution in [0.3, 0.4) is 0 Å². The molecule has 1 aliphatic heterocycles. The van der Waals surface area contributed by atoms with Gasteiger partial charge in [-0.25, -0.2) is 0 Å². The number of amides is 2. The molecule has 142 valence electrons. The zero-order valence-corrected chi connectivity index (χ0v) is 15.3. The summed E-state index contributed by atoms with van der Waals surface area (Å²) in [4.78, 5) is 36.2. The SMILES string of the molecule is CCCCc1ccc(NCN2C(=O)c3ccc([N+](=O)[O-])cc3C2=O)c(C#N)c1. The monoisotopic (exact) mass is 378 g/mol. The average molecular weight is 378 g/mol. The van der Waals surface area contributed by atoms with Gasteiger partial charge in [-0.15, -0.1) is 0 Å². The number of non-ortho nitro benzene ring substituents is 1. The van der Waals surface area contributed by atoms with Crippen molar-refractivity contribution in [3.8, 4) is 6.07 Å². The topological polar surface area (TPSA) is 116 Å². The van der Waals surface area contributed by atoms with Crippen LogP contribution in [-0.2, 0) is 6.42 Å². The summed E-state index contributed by atoms with van der Waals surface area (Å²) in [5, 5.41) is 23.2. The number of aryl methyl sites for hydroxylation is 1. The van der Waals surface area contributed by atoms with Crippen LogP contribution in [-0.4, -0.2) is 28.3 Å². The van der Waals surface area contributed by atoms with Gasteiger partial charge in [0.25, 0.3) is 17.5 Å². The summed E-state index contributed by atoms with van der Waals surface area (Å²) in [6.07, 6.45) is 2.96. The van der Waals surface area contributed by atoms with Gasteiger partial charge in [0.1, 0.15) is 6.07 Å². The molecule has 0 fully saturated rings. The minimum absolute atomic E-state index is 0.0106. The van der Waals surface area contributed by atoms with Crippen molar-refractivity contribution in [2.24, 2.45) is 0 Å².